The maximum Gasteiger partial charge on any atom is 0.335 e. The monoisotopic (exact) mass is 560 g/mol. The van der Waals surface area contributed by atoms with Crippen molar-refractivity contribution in [2.45, 2.75) is 6.43 Å². The second-order valence-electron chi connectivity index (χ2n) is 7.93. The first kappa shape index (κ1) is 29.9. The van der Waals surface area contributed by atoms with Crippen molar-refractivity contribution >= 4 is 23.9 Å². The molecule has 0 aliphatic rings. The van der Waals surface area contributed by atoms with Gasteiger partial charge in [0.25, 0.3) is 6.43 Å². The Morgan fingerprint density at radius 3 is 1.34 bits per heavy atom. The van der Waals surface area contributed by atoms with Crippen molar-refractivity contribution in [2.75, 3.05) is 0 Å². The van der Waals surface area contributed by atoms with Gasteiger partial charge in [0.1, 0.15) is 0 Å². The molecule has 3 aromatic carbocycles. The van der Waals surface area contributed by atoms with Crippen molar-refractivity contribution < 1.29 is 46.9 Å². The number of esters is 4. The number of hydrogen-bond donors (Lipinski definition) is 0. The minimum Gasteiger partial charge on any atom is -0.419 e. The number of carbonyl (C=O) groups is 4. The highest BCUT2D eigenvalue weighted by molar-refractivity contribution is 5.88. The summed E-state index contributed by atoms with van der Waals surface area (Å²) < 4.78 is 49.1. The Bertz CT molecular complexity index is 1570. The highest BCUT2D eigenvalue weighted by atomic mass is 19.3. The molecule has 0 fully saturated rings. The van der Waals surface area contributed by atoms with Gasteiger partial charge in [-0.3, -0.25) is 0 Å². The van der Waals surface area contributed by atoms with Crippen molar-refractivity contribution in [3.8, 4) is 45.3 Å². The average Bonchev–Trinajstić information content (AvgIpc) is 2.98. The predicted octanol–water partition coefficient (Wildman–Crippen LogP) is 6.32. The van der Waals surface area contributed by atoms with Crippen LogP contribution in [0.15, 0.2) is 105 Å². The Kier molecular flexibility index (Phi) is 9.80. The molecule has 0 bridgehead atoms. The molecule has 3 rings (SSSR count). The largest absolute Gasteiger partial charge is 0.419 e. The van der Waals surface area contributed by atoms with E-state index in [1.807, 2.05) is 0 Å². The van der Waals surface area contributed by atoms with Crippen LogP contribution in [-0.4, -0.2) is 23.9 Å². The van der Waals surface area contributed by atoms with E-state index in [0.29, 0.717) is 11.1 Å². The lowest BCUT2D eigenvalue weighted by atomic mass is 9.94. The zero-order valence-corrected chi connectivity index (χ0v) is 21.4. The van der Waals surface area contributed by atoms with E-state index in [1.54, 1.807) is 0 Å². The van der Waals surface area contributed by atoms with Gasteiger partial charge in [0.2, 0.25) is 0 Å². The Labute approximate surface area is 233 Å². The van der Waals surface area contributed by atoms with Crippen molar-refractivity contribution in [1.29, 1.82) is 0 Å². The average molecular weight is 561 g/mol. The summed E-state index contributed by atoms with van der Waals surface area (Å²) in [7, 11) is 0. The highest BCUT2D eigenvalue weighted by Crippen LogP contribution is 2.40. The lowest BCUT2D eigenvalue weighted by Gasteiger charge is -2.15. The molecule has 3 aromatic rings. The number of rotatable bonds is 11. The summed E-state index contributed by atoms with van der Waals surface area (Å²) in [4.78, 5) is 47.0. The van der Waals surface area contributed by atoms with Crippen LogP contribution in [0.3, 0.4) is 0 Å². The molecule has 0 heterocycles. The van der Waals surface area contributed by atoms with Gasteiger partial charge in [-0.2, -0.15) is 0 Å². The Hall–Kier alpha value is -5.64. The van der Waals surface area contributed by atoms with Gasteiger partial charge in [0.05, 0.1) is 0 Å². The van der Waals surface area contributed by atoms with Crippen molar-refractivity contribution in [3.63, 3.8) is 0 Å². The third-order valence-corrected chi connectivity index (χ3v) is 5.33. The Morgan fingerprint density at radius 1 is 0.537 bits per heavy atom. The van der Waals surface area contributed by atoms with Crippen LogP contribution in [0, 0.1) is 0 Å². The molecule has 0 spiro atoms. The molecule has 0 atom stereocenters. The van der Waals surface area contributed by atoms with Crippen LogP contribution in [0.5, 0.6) is 23.0 Å². The van der Waals surface area contributed by atoms with E-state index in [4.69, 9.17) is 18.9 Å². The van der Waals surface area contributed by atoms with E-state index in [2.05, 4.69) is 26.3 Å². The van der Waals surface area contributed by atoms with Crippen LogP contribution in [-0.2, 0) is 19.2 Å². The number of ether oxygens (including phenoxy) is 4. The number of benzene rings is 3. The zero-order valence-electron chi connectivity index (χ0n) is 21.4. The first-order valence-electron chi connectivity index (χ1n) is 11.7. The van der Waals surface area contributed by atoms with E-state index in [1.165, 1.54) is 54.6 Å². The van der Waals surface area contributed by atoms with Crippen molar-refractivity contribution in [2.24, 2.45) is 0 Å². The summed E-state index contributed by atoms with van der Waals surface area (Å²) >= 11 is 0. The summed E-state index contributed by atoms with van der Waals surface area (Å²) in [5.74, 6) is -3.92. The maximum absolute atomic E-state index is 14.3. The first-order chi connectivity index (χ1) is 19.6. The van der Waals surface area contributed by atoms with E-state index >= 15 is 0 Å². The van der Waals surface area contributed by atoms with Gasteiger partial charge in [-0.1, -0.05) is 50.6 Å². The molecule has 41 heavy (non-hydrogen) atoms. The van der Waals surface area contributed by atoms with Gasteiger partial charge in [-0.25, -0.2) is 28.0 Å². The molecule has 208 valence electrons. The van der Waals surface area contributed by atoms with Gasteiger partial charge in [-0.05, 0) is 52.6 Å². The van der Waals surface area contributed by atoms with Crippen LogP contribution in [0.2, 0.25) is 0 Å². The third-order valence-electron chi connectivity index (χ3n) is 5.33. The lowest BCUT2D eigenvalue weighted by Crippen LogP contribution is -2.08. The van der Waals surface area contributed by atoms with Gasteiger partial charge >= 0.3 is 23.9 Å². The SMILES string of the molecule is C=CC(=O)Oc1ccc(-c2ccc(-c3ccc(OC(=O)C=C)c(OC(=O)C=C)c3)c(C(F)F)c2)cc1OC(=O)C=C. The molecule has 0 N–H and O–H groups in total. The van der Waals surface area contributed by atoms with E-state index in [-0.39, 0.29) is 39.7 Å². The van der Waals surface area contributed by atoms with Crippen molar-refractivity contribution in [1.82, 2.24) is 0 Å². The zero-order chi connectivity index (χ0) is 30.1. The van der Waals surface area contributed by atoms with Crippen LogP contribution in [0.1, 0.15) is 12.0 Å². The number of alkyl halides is 2. The first-order valence-corrected chi connectivity index (χ1v) is 11.7. The summed E-state index contributed by atoms with van der Waals surface area (Å²) in [5, 5.41) is 0. The van der Waals surface area contributed by atoms with Gasteiger partial charge in [0, 0.05) is 29.9 Å². The quantitative estimate of drug-likeness (QED) is 0.152. The normalized spacial score (nSPS) is 10.2. The third kappa shape index (κ3) is 7.48. The van der Waals surface area contributed by atoms with Gasteiger partial charge < -0.3 is 18.9 Å². The standard InChI is InChI=1S/C31H22F2O8/c1-5-27(34)38-23-13-10-19(16-25(23)40-29(36)7-3)18-9-12-21(22(15-18)31(32)33)20-11-14-24(39-28(35)6-2)26(17-20)41-30(37)8-4/h5-17,31H,1-4H2. The fraction of sp³-hybridized carbons (Fsp3) is 0.0323. The molecule has 0 saturated carbocycles. The minimum absolute atomic E-state index is 0.0936. The van der Waals surface area contributed by atoms with Crippen LogP contribution in [0.25, 0.3) is 22.3 Å². The Morgan fingerprint density at radius 2 is 0.902 bits per heavy atom. The fourth-order valence-corrected chi connectivity index (χ4v) is 3.48. The molecule has 0 radical (unpaired) electrons. The van der Waals surface area contributed by atoms with E-state index in [0.717, 1.165) is 24.3 Å². The second kappa shape index (κ2) is 13.4. The van der Waals surface area contributed by atoms with Crippen LogP contribution in [0.4, 0.5) is 8.78 Å². The smallest absolute Gasteiger partial charge is 0.335 e. The lowest BCUT2D eigenvalue weighted by molar-refractivity contribution is -0.131. The van der Waals surface area contributed by atoms with Gasteiger partial charge in [-0.15, -0.1) is 0 Å². The summed E-state index contributed by atoms with van der Waals surface area (Å²) in [5.41, 5.74) is 0.610. The molecule has 0 unspecified atom stereocenters. The molecule has 0 aromatic heterocycles. The highest BCUT2D eigenvalue weighted by Gasteiger charge is 2.20. The molecule has 8 nitrogen and oxygen atoms in total. The fourth-order valence-electron chi connectivity index (χ4n) is 3.48. The molecular formula is C31H22F2O8. The van der Waals surface area contributed by atoms with E-state index in [9.17, 15) is 28.0 Å². The maximum atomic E-state index is 14.3. The molecule has 0 aliphatic carbocycles. The summed E-state index contributed by atoms with van der Waals surface area (Å²) in [6.45, 7) is 13.2. The van der Waals surface area contributed by atoms with Crippen LogP contribution < -0.4 is 18.9 Å². The minimum atomic E-state index is -2.94. The number of carbonyl (C=O) groups excluding carboxylic acids is 4. The summed E-state index contributed by atoms with van der Waals surface area (Å²) in [6, 6.07) is 12.3. The van der Waals surface area contributed by atoms with Crippen LogP contribution >= 0.6 is 0 Å². The van der Waals surface area contributed by atoms with E-state index < -0.39 is 30.3 Å². The topological polar surface area (TPSA) is 105 Å². The molecule has 0 amide bonds. The second-order valence-corrected chi connectivity index (χ2v) is 7.93. The number of halogens is 2. The van der Waals surface area contributed by atoms with Crippen molar-refractivity contribution in [3.05, 3.63) is 111 Å². The predicted molar refractivity (Wildman–Crippen MR) is 146 cm³/mol. The summed E-state index contributed by atoms with van der Waals surface area (Å²) in [6.07, 6.45) is 0.670. The molecular weight excluding hydrogens is 538 g/mol. The Balaban J connectivity index is 2.10. The molecule has 10 heteroatoms. The molecule has 0 saturated heterocycles. The van der Waals surface area contributed by atoms with Gasteiger partial charge in [0.15, 0.2) is 23.0 Å². The molecule has 0 aliphatic heterocycles. The number of hydrogen-bond acceptors (Lipinski definition) is 8.